The van der Waals surface area contributed by atoms with E-state index in [2.05, 4.69) is 20.9 Å². The van der Waals surface area contributed by atoms with Crippen molar-refractivity contribution in [3.8, 4) is 0 Å². The van der Waals surface area contributed by atoms with Crippen LogP contribution in [-0.2, 0) is 11.3 Å². The second kappa shape index (κ2) is 11.6. The minimum Gasteiger partial charge on any atom is -0.357 e. The molecule has 0 fully saturated rings. The lowest BCUT2D eigenvalue weighted by Crippen LogP contribution is -2.41. The number of hydrogen-bond acceptors (Lipinski definition) is 2. The molecule has 0 saturated carbocycles. The van der Waals surface area contributed by atoms with Crippen LogP contribution in [0.5, 0.6) is 0 Å². The molecule has 0 heterocycles. The molecule has 21 heavy (non-hydrogen) atoms. The van der Waals surface area contributed by atoms with Gasteiger partial charge in [-0.05, 0) is 24.6 Å². The SMILES string of the molecule is CCNC(=NCc1cccc(Cl)c1)NCCNC(C)=O.I. The van der Waals surface area contributed by atoms with Crippen LogP contribution in [0.4, 0.5) is 0 Å². The molecular weight excluding hydrogens is 403 g/mol. The van der Waals surface area contributed by atoms with Gasteiger partial charge in [-0.2, -0.15) is 0 Å². The van der Waals surface area contributed by atoms with Gasteiger partial charge in [0, 0.05) is 31.6 Å². The molecule has 0 aliphatic heterocycles. The number of amides is 1. The van der Waals surface area contributed by atoms with Gasteiger partial charge in [-0.1, -0.05) is 23.7 Å². The first-order chi connectivity index (χ1) is 9.61. The molecule has 0 atom stereocenters. The average molecular weight is 425 g/mol. The van der Waals surface area contributed by atoms with Crippen LogP contribution in [0, 0.1) is 0 Å². The molecule has 7 heteroatoms. The fourth-order valence-electron chi connectivity index (χ4n) is 1.57. The van der Waals surface area contributed by atoms with E-state index in [4.69, 9.17) is 11.6 Å². The Morgan fingerprint density at radius 2 is 1.95 bits per heavy atom. The molecule has 0 bridgehead atoms. The van der Waals surface area contributed by atoms with E-state index in [9.17, 15) is 4.79 Å². The van der Waals surface area contributed by atoms with E-state index >= 15 is 0 Å². The van der Waals surface area contributed by atoms with Gasteiger partial charge >= 0.3 is 0 Å². The molecule has 0 radical (unpaired) electrons. The fourth-order valence-corrected chi connectivity index (χ4v) is 1.78. The Balaban J connectivity index is 0.00000400. The maximum absolute atomic E-state index is 10.8. The topological polar surface area (TPSA) is 65.5 Å². The van der Waals surface area contributed by atoms with Gasteiger partial charge < -0.3 is 16.0 Å². The zero-order chi connectivity index (χ0) is 14.8. The van der Waals surface area contributed by atoms with Crippen molar-refractivity contribution in [2.75, 3.05) is 19.6 Å². The summed E-state index contributed by atoms with van der Waals surface area (Å²) in [6.45, 7) is 6.03. The van der Waals surface area contributed by atoms with E-state index in [1.54, 1.807) is 0 Å². The Labute approximate surface area is 148 Å². The maximum Gasteiger partial charge on any atom is 0.216 e. The number of hydrogen-bond donors (Lipinski definition) is 3. The molecule has 1 aromatic rings. The van der Waals surface area contributed by atoms with Crippen LogP contribution >= 0.6 is 35.6 Å². The van der Waals surface area contributed by atoms with Crippen molar-refractivity contribution in [2.24, 2.45) is 4.99 Å². The molecule has 3 N–H and O–H groups in total. The van der Waals surface area contributed by atoms with E-state index in [0.717, 1.165) is 18.1 Å². The Kier molecular flexibility index (Phi) is 11.1. The van der Waals surface area contributed by atoms with Crippen LogP contribution in [0.25, 0.3) is 0 Å². The van der Waals surface area contributed by atoms with Gasteiger partial charge in [0.1, 0.15) is 0 Å². The summed E-state index contributed by atoms with van der Waals surface area (Å²) in [5, 5.41) is 9.73. The molecule has 0 aliphatic carbocycles. The smallest absolute Gasteiger partial charge is 0.216 e. The first-order valence-electron chi connectivity index (χ1n) is 6.63. The van der Waals surface area contributed by atoms with E-state index in [-0.39, 0.29) is 29.9 Å². The Morgan fingerprint density at radius 1 is 1.24 bits per heavy atom. The van der Waals surface area contributed by atoms with Gasteiger partial charge in [0.05, 0.1) is 6.54 Å². The number of rotatable bonds is 6. The van der Waals surface area contributed by atoms with Gasteiger partial charge in [0.2, 0.25) is 5.91 Å². The number of halogens is 2. The number of nitrogens with zero attached hydrogens (tertiary/aromatic N) is 1. The minimum atomic E-state index is -0.0346. The Bertz CT molecular complexity index is 468. The number of aliphatic imine (C=N–C) groups is 1. The predicted molar refractivity (Wildman–Crippen MR) is 98.4 cm³/mol. The molecule has 118 valence electrons. The average Bonchev–Trinajstić information content (AvgIpc) is 2.40. The number of carbonyl (C=O) groups is 1. The predicted octanol–water partition coefficient (Wildman–Crippen LogP) is 2.15. The molecule has 1 amide bonds. The highest BCUT2D eigenvalue weighted by atomic mass is 127. The van der Waals surface area contributed by atoms with Crippen LogP contribution in [0.3, 0.4) is 0 Å². The number of guanidine groups is 1. The van der Waals surface area contributed by atoms with E-state index in [0.29, 0.717) is 24.7 Å². The van der Waals surface area contributed by atoms with E-state index in [1.807, 2.05) is 31.2 Å². The second-order valence-corrected chi connectivity index (χ2v) is 4.67. The summed E-state index contributed by atoms with van der Waals surface area (Å²) in [6.07, 6.45) is 0. The van der Waals surface area contributed by atoms with Crippen molar-refractivity contribution in [3.05, 3.63) is 34.9 Å². The summed E-state index contributed by atoms with van der Waals surface area (Å²) in [4.78, 5) is 15.2. The molecule has 0 aromatic heterocycles. The highest BCUT2D eigenvalue weighted by Gasteiger charge is 1.98. The fraction of sp³-hybridized carbons (Fsp3) is 0.429. The minimum absolute atomic E-state index is 0. The van der Waals surface area contributed by atoms with Crippen LogP contribution in [-0.4, -0.2) is 31.5 Å². The van der Waals surface area contributed by atoms with Crippen LogP contribution in [0.2, 0.25) is 5.02 Å². The molecule has 0 spiro atoms. The van der Waals surface area contributed by atoms with Crippen molar-refractivity contribution in [3.63, 3.8) is 0 Å². The zero-order valence-electron chi connectivity index (χ0n) is 12.3. The zero-order valence-corrected chi connectivity index (χ0v) is 15.4. The normalized spacial score (nSPS) is 10.5. The van der Waals surface area contributed by atoms with Crippen molar-refractivity contribution in [2.45, 2.75) is 20.4 Å². The molecule has 0 unspecified atom stereocenters. The van der Waals surface area contributed by atoms with E-state index in [1.165, 1.54) is 6.92 Å². The van der Waals surface area contributed by atoms with Crippen LogP contribution in [0.15, 0.2) is 29.3 Å². The summed E-state index contributed by atoms with van der Waals surface area (Å²) < 4.78 is 0. The second-order valence-electron chi connectivity index (χ2n) is 4.23. The summed E-state index contributed by atoms with van der Waals surface area (Å²) in [7, 11) is 0. The van der Waals surface area contributed by atoms with Crippen molar-refractivity contribution in [1.82, 2.24) is 16.0 Å². The number of benzene rings is 1. The van der Waals surface area contributed by atoms with Gasteiger partial charge in [-0.25, -0.2) is 4.99 Å². The number of carbonyl (C=O) groups excluding carboxylic acids is 1. The van der Waals surface area contributed by atoms with Crippen molar-refractivity contribution < 1.29 is 4.79 Å². The highest BCUT2D eigenvalue weighted by Crippen LogP contribution is 2.11. The Hall–Kier alpha value is -1.02. The summed E-state index contributed by atoms with van der Waals surface area (Å²) in [5.74, 6) is 0.686. The van der Waals surface area contributed by atoms with E-state index < -0.39 is 0 Å². The first kappa shape index (κ1) is 20.0. The lowest BCUT2D eigenvalue weighted by molar-refractivity contribution is -0.118. The van der Waals surface area contributed by atoms with Gasteiger partial charge in [-0.15, -0.1) is 24.0 Å². The molecule has 1 aromatic carbocycles. The van der Waals surface area contributed by atoms with Crippen LogP contribution < -0.4 is 16.0 Å². The quantitative estimate of drug-likeness (QED) is 0.284. The molecule has 5 nitrogen and oxygen atoms in total. The van der Waals surface area contributed by atoms with Gasteiger partial charge in [0.25, 0.3) is 0 Å². The third-order valence-corrected chi connectivity index (χ3v) is 2.68. The van der Waals surface area contributed by atoms with Gasteiger partial charge in [0.15, 0.2) is 5.96 Å². The third-order valence-electron chi connectivity index (χ3n) is 2.44. The van der Waals surface area contributed by atoms with Gasteiger partial charge in [-0.3, -0.25) is 4.79 Å². The molecule has 0 aliphatic rings. The summed E-state index contributed by atoms with van der Waals surface area (Å²) in [6, 6.07) is 7.62. The Morgan fingerprint density at radius 3 is 2.57 bits per heavy atom. The van der Waals surface area contributed by atoms with Crippen LogP contribution in [0.1, 0.15) is 19.4 Å². The lowest BCUT2D eigenvalue weighted by atomic mass is 10.2. The van der Waals surface area contributed by atoms with Crippen molar-refractivity contribution >= 4 is 47.4 Å². The molecule has 0 saturated heterocycles. The van der Waals surface area contributed by atoms with Crippen molar-refractivity contribution in [1.29, 1.82) is 0 Å². The highest BCUT2D eigenvalue weighted by molar-refractivity contribution is 14.0. The first-order valence-corrected chi connectivity index (χ1v) is 7.00. The number of nitrogens with one attached hydrogen (secondary N) is 3. The molecular formula is C14H22ClIN4O. The molecule has 1 rings (SSSR count). The maximum atomic E-state index is 10.8. The third kappa shape index (κ3) is 9.52. The largest absolute Gasteiger partial charge is 0.357 e. The monoisotopic (exact) mass is 424 g/mol. The summed E-state index contributed by atoms with van der Waals surface area (Å²) >= 11 is 5.93. The summed E-state index contributed by atoms with van der Waals surface area (Å²) in [5.41, 5.74) is 1.05. The standard InChI is InChI=1S/C14H21ClN4O.HI/c1-3-16-14(18-8-7-17-11(2)20)19-10-12-5-4-6-13(15)9-12;/h4-6,9H,3,7-8,10H2,1-2H3,(H,17,20)(H2,16,18,19);1H. The lowest BCUT2D eigenvalue weighted by Gasteiger charge is -2.11.